The largest absolute Gasteiger partial charge is 0.480 e. The van der Waals surface area contributed by atoms with E-state index in [0.717, 1.165) is 0 Å². The van der Waals surface area contributed by atoms with Crippen molar-refractivity contribution in [2.24, 2.45) is 23.1 Å². The van der Waals surface area contributed by atoms with Gasteiger partial charge in [0.15, 0.2) is 0 Å². The highest BCUT2D eigenvalue weighted by Crippen LogP contribution is 2.07. The predicted molar refractivity (Wildman–Crippen MR) is 109 cm³/mol. The van der Waals surface area contributed by atoms with Crippen LogP contribution in [0.25, 0.3) is 0 Å². The van der Waals surface area contributed by atoms with Crippen LogP contribution in [0.1, 0.15) is 46.0 Å². The summed E-state index contributed by atoms with van der Waals surface area (Å²) < 4.78 is 0. The van der Waals surface area contributed by atoms with E-state index >= 15 is 0 Å². The minimum atomic E-state index is -1.35. The van der Waals surface area contributed by atoms with Gasteiger partial charge in [0.05, 0.1) is 12.6 Å². The summed E-state index contributed by atoms with van der Waals surface area (Å²) in [7, 11) is 0. The fraction of sp³-hybridized carbons (Fsp3) is 0.667. The molecule has 0 aromatic rings. The number of carbonyl (C=O) groups excluding carboxylic acids is 5. The van der Waals surface area contributed by atoms with Gasteiger partial charge in [-0.1, -0.05) is 13.8 Å². The summed E-state index contributed by atoms with van der Waals surface area (Å²) >= 11 is 0. The highest BCUT2D eigenvalue weighted by atomic mass is 16.4. The normalized spacial score (nSPS) is 13.5. The molecule has 0 bridgehead atoms. The summed E-state index contributed by atoms with van der Waals surface area (Å²) in [6.07, 6.45) is -0.300. The Bertz CT molecular complexity index is 682. The zero-order valence-corrected chi connectivity index (χ0v) is 17.7. The molecule has 0 saturated carbocycles. The van der Waals surface area contributed by atoms with E-state index < -0.39 is 60.2 Å². The Morgan fingerprint density at radius 1 is 0.839 bits per heavy atom. The Kier molecular flexibility index (Phi) is 12.5. The van der Waals surface area contributed by atoms with Crippen LogP contribution >= 0.6 is 0 Å². The van der Waals surface area contributed by atoms with E-state index in [4.69, 9.17) is 17.2 Å². The van der Waals surface area contributed by atoms with Crippen molar-refractivity contribution in [1.82, 2.24) is 16.0 Å². The first-order valence-corrected chi connectivity index (χ1v) is 9.75. The lowest BCUT2D eigenvalue weighted by atomic mass is 10.0. The summed E-state index contributed by atoms with van der Waals surface area (Å²) in [6.45, 7) is 3.12. The Labute approximate surface area is 179 Å². The second kappa shape index (κ2) is 13.9. The van der Waals surface area contributed by atoms with E-state index in [-0.39, 0.29) is 38.0 Å². The van der Waals surface area contributed by atoms with Crippen LogP contribution in [-0.2, 0) is 28.8 Å². The molecule has 0 aliphatic carbocycles. The second-order valence-electron chi connectivity index (χ2n) is 7.48. The van der Waals surface area contributed by atoms with Gasteiger partial charge >= 0.3 is 5.97 Å². The second-order valence-corrected chi connectivity index (χ2v) is 7.48. The highest BCUT2D eigenvalue weighted by molar-refractivity contribution is 5.92. The predicted octanol–water partition coefficient (Wildman–Crippen LogP) is -2.94. The Balaban J connectivity index is 4.88. The van der Waals surface area contributed by atoms with E-state index in [9.17, 15) is 33.9 Å². The molecular weight excluding hydrogens is 412 g/mol. The first-order chi connectivity index (χ1) is 14.3. The lowest BCUT2D eigenvalue weighted by Gasteiger charge is -2.23. The lowest BCUT2D eigenvalue weighted by Crippen LogP contribution is -2.54. The van der Waals surface area contributed by atoms with Crippen molar-refractivity contribution in [1.29, 1.82) is 0 Å². The van der Waals surface area contributed by atoms with Gasteiger partial charge in [-0.2, -0.15) is 0 Å². The minimum Gasteiger partial charge on any atom is -0.480 e. The van der Waals surface area contributed by atoms with Crippen molar-refractivity contribution in [3.8, 4) is 0 Å². The van der Waals surface area contributed by atoms with Crippen LogP contribution in [0.2, 0.25) is 0 Å². The third-order valence-corrected chi connectivity index (χ3v) is 4.11. The van der Waals surface area contributed by atoms with Crippen molar-refractivity contribution >= 4 is 35.5 Å². The number of amides is 5. The number of primary amides is 2. The first kappa shape index (κ1) is 27.8. The quantitative estimate of drug-likeness (QED) is 0.137. The third-order valence-electron chi connectivity index (χ3n) is 4.11. The van der Waals surface area contributed by atoms with Gasteiger partial charge in [-0.05, 0) is 25.2 Å². The maximum absolute atomic E-state index is 12.5. The molecule has 3 unspecified atom stereocenters. The summed E-state index contributed by atoms with van der Waals surface area (Å²) in [4.78, 5) is 69.5. The molecule has 0 aromatic carbocycles. The molecule has 0 fully saturated rings. The monoisotopic (exact) mass is 444 g/mol. The fourth-order valence-corrected chi connectivity index (χ4v) is 2.49. The molecule has 0 radical (unpaired) electrons. The van der Waals surface area contributed by atoms with E-state index in [1.54, 1.807) is 13.8 Å². The van der Waals surface area contributed by atoms with E-state index in [0.29, 0.717) is 0 Å². The number of hydrogen-bond acceptors (Lipinski definition) is 7. The average molecular weight is 444 g/mol. The van der Waals surface area contributed by atoms with Crippen molar-refractivity contribution in [2.75, 3.05) is 6.54 Å². The SMILES string of the molecule is CC(C)CC(NC(=O)CNC(=O)C(N)CCC(N)=O)C(=O)NC(CCC(N)=O)C(=O)O. The number of hydrogen-bond donors (Lipinski definition) is 7. The zero-order valence-electron chi connectivity index (χ0n) is 17.7. The van der Waals surface area contributed by atoms with Crippen LogP contribution in [0.15, 0.2) is 0 Å². The van der Waals surface area contributed by atoms with E-state index in [1.165, 1.54) is 0 Å². The summed E-state index contributed by atoms with van der Waals surface area (Å²) in [5.74, 6) is -4.80. The fourth-order valence-electron chi connectivity index (χ4n) is 2.49. The molecule has 5 amide bonds. The molecular formula is C18H32N6O7. The van der Waals surface area contributed by atoms with Gasteiger partial charge in [0.1, 0.15) is 12.1 Å². The van der Waals surface area contributed by atoms with Crippen LogP contribution in [0, 0.1) is 5.92 Å². The van der Waals surface area contributed by atoms with Crippen molar-refractivity contribution in [3.05, 3.63) is 0 Å². The number of carboxylic acids is 1. The third kappa shape index (κ3) is 12.8. The molecule has 31 heavy (non-hydrogen) atoms. The molecule has 0 spiro atoms. The van der Waals surface area contributed by atoms with E-state index in [2.05, 4.69) is 16.0 Å². The van der Waals surface area contributed by atoms with Crippen molar-refractivity contribution in [2.45, 2.75) is 64.1 Å². The van der Waals surface area contributed by atoms with Crippen molar-refractivity contribution < 1.29 is 33.9 Å². The van der Waals surface area contributed by atoms with Gasteiger partial charge in [0.25, 0.3) is 0 Å². The molecule has 0 aliphatic rings. The van der Waals surface area contributed by atoms with Crippen LogP contribution in [0.3, 0.4) is 0 Å². The summed E-state index contributed by atoms with van der Waals surface area (Å²) in [5.41, 5.74) is 15.6. The first-order valence-electron chi connectivity index (χ1n) is 9.75. The molecule has 10 N–H and O–H groups in total. The number of nitrogens with two attached hydrogens (primary N) is 3. The van der Waals surface area contributed by atoms with E-state index in [1.807, 2.05) is 0 Å². The van der Waals surface area contributed by atoms with Crippen LogP contribution in [0.5, 0.6) is 0 Å². The minimum absolute atomic E-state index is 0.0169. The molecule has 0 aromatic heterocycles. The smallest absolute Gasteiger partial charge is 0.326 e. The maximum atomic E-state index is 12.5. The molecule has 3 atom stereocenters. The maximum Gasteiger partial charge on any atom is 0.326 e. The van der Waals surface area contributed by atoms with Gasteiger partial charge in [-0.15, -0.1) is 0 Å². The molecule has 13 nitrogen and oxygen atoms in total. The average Bonchev–Trinajstić information content (AvgIpc) is 2.65. The molecule has 0 aliphatic heterocycles. The summed E-state index contributed by atoms with van der Waals surface area (Å²) in [5, 5.41) is 16.2. The number of aliphatic carboxylic acids is 1. The molecule has 0 saturated heterocycles. The van der Waals surface area contributed by atoms with Crippen LogP contribution in [0.4, 0.5) is 0 Å². The van der Waals surface area contributed by atoms with Crippen molar-refractivity contribution in [3.63, 3.8) is 0 Å². The standard InChI is InChI=1S/C18H32N6O7/c1-9(2)7-12(17(29)24-11(18(30)31)4-6-14(21)26)23-15(27)8-22-16(28)10(19)3-5-13(20)25/h9-12H,3-8,19H2,1-2H3,(H2,20,25)(H2,21,26)(H,22,28)(H,23,27)(H,24,29)(H,30,31). The zero-order chi connectivity index (χ0) is 24.1. The highest BCUT2D eigenvalue weighted by Gasteiger charge is 2.27. The Morgan fingerprint density at radius 3 is 1.87 bits per heavy atom. The van der Waals surface area contributed by atoms with Gasteiger partial charge < -0.3 is 38.3 Å². The number of nitrogens with one attached hydrogen (secondary N) is 3. The number of carbonyl (C=O) groups is 6. The van der Waals surface area contributed by atoms with Gasteiger partial charge in [0, 0.05) is 12.8 Å². The van der Waals surface area contributed by atoms with Gasteiger partial charge in [-0.3, -0.25) is 24.0 Å². The molecule has 0 rings (SSSR count). The Hall–Kier alpha value is -3.22. The Morgan fingerprint density at radius 2 is 1.39 bits per heavy atom. The topological polar surface area (TPSA) is 237 Å². The summed E-state index contributed by atoms with van der Waals surface area (Å²) in [6, 6.07) is -3.45. The molecule has 176 valence electrons. The number of carboxylic acid groups (broad SMARTS) is 1. The lowest BCUT2D eigenvalue weighted by molar-refractivity contribution is -0.142. The van der Waals surface area contributed by atoms with Gasteiger partial charge in [-0.25, -0.2) is 4.79 Å². The molecule has 0 heterocycles. The molecule has 13 heteroatoms. The van der Waals surface area contributed by atoms with Crippen LogP contribution in [-0.4, -0.2) is 65.3 Å². The van der Waals surface area contributed by atoms with Gasteiger partial charge in [0.2, 0.25) is 29.5 Å². The van der Waals surface area contributed by atoms with Crippen LogP contribution < -0.4 is 33.2 Å². The number of rotatable bonds is 15.